The van der Waals surface area contributed by atoms with Crippen molar-refractivity contribution in [2.45, 2.75) is 13.3 Å². The number of hydrogen-bond acceptors (Lipinski definition) is 2. The van der Waals surface area contributed by atoms with Crippen LogP contribution in [-0.4, -0.2) is 17.4 Å². The number of rotatable bonds is 3. The number of carbonyl (C=O) groups excluding carboxylic acids is 1. The highest BCUT2D eigenvalue weighted by molar-refractivity contribution is 9.10. The van der Waals surface area contributed by atoms with Gasteiger partial charge in [-0.1, -0.05) is 46.3 Å². The summed E-state index contributed by atoms with van der Waals surface area (Å²) in [7, 11) is 0. The first-order chi connectivity index (χ1) is 11.6. The van der Waals surface area contributed by atoms with Gasteiger partial charge in [0, 0.05) is 22.6 Å². The molecule has 0 saturated carbocycles. The van der Waals surface area contributed by atoms with Gasteiger partial charge in [0.1, 0.15) is 0 Å². The Bertz CT molecular complexity index is 917. The van der Waals surface area contributed by atoms with Gasteiger partial charge in [-0.3, -0.25) is 9.78 Å². The first kappa shape index (κ1) is 15.3. The van der Waals surface area contributed by atoms with Crippen molar-refractivity contribution < 1.29 is 4.79 Å². The quantitative estimate of drug-likeness (QED) is 0.622. The molecule has 1 aliphatic heterocycles. The van der Waals surface area contributed by atoms with Crippen LogP contribution in [0.4, 0.5) is 5.69 Å². The van der Waals surface area contributed by atoms with E-state index >= 15 is 0 Å². The van der Waals surface area contributed by atoms with E-state index in [-0.39, 0.29) is 11.3 Å². The maximum atomic E-state index is 12.9. The van der Waals surface area contributed by atoms with Crippen LogP contribution in [0.25, 0.3) is 10.9 Å². The van der Waals surface area contributed by atoms with Gasteiger partial charge < -0.3 is 4.90 Å². The van der Waals surface area contributed by atoms with Gasteiger partial charge in [0.05, 0.1) is 16.6 Å². The Hall–Kier alpha value is -2.20. The Balaban J connectivity index is 1.60. The van der Waals surface area contributed by atoms with Crippen molar-refractivity contribution in [3.8, 4) is 0 Å². The molecule has 0 N–H and O–H groups in total. The van der Waals surface area contributed by atoms with E-state index in [1.165, 1.54) is 5.56 Å². The minimum Gasteiger partial charge on any atom is -0.309 e. The van der Waals surface area contributed by atoms with Crippen molar-refractivity contribution in [1.82, 2.24) is 4.98 Å². The van der Waals surface area contributed by atoms with Gasteiger partial charge in [-0.2, -0.15) is 0 Å². The van der Waals surface area contributed by atoms with Crippen LogP contribution >= 0.6 is 15.9 Å². The Morgan fingerprint density at radius 1 is 1.12 bits per heavy atom. The van der Waals surface area contributed by atoms with Crippen LogP contribution in [0.3, 0.4) is 0 Å². The number of carbonyl (C=O) groups is 1. The summed E-state index contributed by atoms with van der Waals surface area (Å²) < 4.78 is 1.06. The van der Waals surface area contributed by atoms with Crippen molar-refractivity contribution in [1.29, 1.82) is 0 Å². The van der Waals surface area contributed by atoms with Gasteiger partial charge >= 0.3 is 0 Å². The normalized spacial score (nSPS) is 20.2. The predicted octanol–water partition coefficient (Wildman–Crippen LogP) is 4.59. The lowest BCUT2D eigenvalue weighted by Crippen LogP contribution is -2.61. The molecule has 4 rings (SSSR count). The number of β-lactam (4-membered cyclic amide) rings is 1. The zero-order chi connectivity index (χ0) is 16.7. The lowest BCUT2D eigenvalue weighted by atomic mass is 9.75. The summed E-state index contributed by atoms with van der Waals surface area (Å²) in [5.74, 6) is 0.170. The number of anilines is 1. The largest absolute Gasteiger partial charge is 0.309 e. The minimum atomic E-state index is -0.342. The molecule has 1 atom stereocenters. The van der Waals surface area contributed by atoms with Crippen LogP contribution in [-0.2, 0) is 11.2 Å². The fourth-order valence-electron chi connectivity index (χ4n) is 3.41. The first-order valence-corrected chi connectivity index (χ1v) is 8.76. The third kappa shape index (κ3) is 2.51. The zero-order valence-corrected chi connectivity index (χ0v) is 15.0. The number of aromatic nitrogens is 1. The van der Waals surface area contributed by atoms with Crippen LogP contribution in [0, 0.1) is 5.41 Å². The summed E-state index contributed by atoms with van der Waals surface area (Å²) in [5.41, 5.74) is 2.64. The van der Waals surface area contributed by atoms with E-state index in [0.717, 1.165) is 34.0 Å². The maximum absolute atomic E-state index is 12.9. The standard InChI is InChI=1S/C20H17BrN2O/c1-20(12-14-7-9-16(21)10-8-14)13-23(19(20)24)17-6-2-4-15-5-3-11-22-18(15)17/h2-11H,12-13H2,1H3. The molecule has 0 aliphatic carbocycles. The fraction of sp³-hybridized carbons (Fsp3) is 0.200. The summed E-state index contributed by atoms with van der Waals surface area (Å²) in [6, 6.07) is 18.1. The molecule has 1 unspecified atom stereocenters. The van der Waals surface area contributed by atoms with Crippen LogP contribution in [0.1, 0.15) is 12.5 Å². The van der Waals surface area contributed by atoms with Crippen LogP contribution in [0.15, 0.2) is 65.3 Å². The second-order valence-electron chi connectivity index (χ2n) is 6.61. The number of fused-ring (bicyclic) bond motifs is 1. The van der Waals surface area contributed by atoms with E-state index < -0.39 is 0 Å². The van der Waals surface area contributed by atoms with Crippen molar-refractivity contribution in [3.05, 3.63) is 70.8 Å². The molecular weight excluding hydrogens is 364 g/mol. The van der Waals surface area contributed by atoms with E-state index in [1.807, 2.05) is 54.3 Å². The molecule has 1 fully saturated rings. The number of benzene rings is 2. The molecule has 3 nitrogen and oxygen atoms in total. The van der Waals surface area contributed by atoms with E-state index in [0.29, 0.717) is 0 Å². The van der Waals surface area contributed by atoms with Crippen molar-refractivity contribution >= 4 is 38.4 Å². The number of nitrogens with zero attached hydrogens (tertiary/aromatic N) is 2. The summed E-state index contributed by atoms with van der Waals surface area (Å²) in [4.78, 5) is 19.2. The molecule has 24 heavy (non-hydrogen) atoms. The Kier molecular flexibility index (Phi) is 3.65. The SMILES string of the molecule is CC1(Cc2ccc(Br)cc2)CN(c2cccc3cccnc23)C1=O. The predicted molar refractivity (Wildman–Crippen MR) is 100 cm³/mol. The molecule has 4 heteroatoms. The number of hydrogen-bond donors (Lipinski definition) is 0. The molecule has 1 amide bonds. The van der Waals surface area contributed by atoms with Gasteiger partial charge in [0.15, 0.2) is 0 Å². The highest BCUT2D eigenvalue weighted by Gasteiger charge is 2.49. The summed E-state index contributed by atoms with van der Waals surface area (Å²) in [6.07, 6.45) is 2.53. The van der Waals surface area contributed by atoms with Gasteiger partial charge in [0.2, 0.25) is 5.91 Å². The summed E-state index contributed by atoms with van der Waals surface area (Å²) >= 11 is 3.45. The average molecular weight is 381 g/mol. The number of amides is 1. The van der Waals surface area contributed by atoms with Gasteiger partial charge in [-0.15, -0.1) is 0 Å². The molecule has 0 spiro atoms. The average Bonchev–Trinajstić information content (AvgIpc) is 2.61. The number of halogens is 1. The molecule has 120 valence electrons. The van der Waals surface area contributed by atoms with E-state index in [1.54, 1.807) is 6.20 Å². The van der Waals surface area contributed by atoms with Crippen LogP contribution in [0.5, 0.6) is 0 Å². The van der Waals surface area contributed by atoms with Crippen molar-refractivity contribution in [2.24, 2.45) is 5.41 Å². The molecule has 2 aromatic carbocycles. The minimum absolute atomic E-state index is 0.170. The van der Waals surface area contributed by atoms with Crippen molar-refractivity contribution in [2.75, 3.05) is 11.4 Å². The maximum Gasteiger partial charge on any atom is 0.235 e. The number of para-hydroxylation sites is 1. The molecule has 0 bridgehead atoms. The van der Waals surface area contributed by atoms with Gasteiger partial charge in [-0.05, 0) is 43.2 Å². The van der Waals surface area contributed by atoms with Gasteiger partial charge in [-0.25, -0.2) is 0 Å². The topological polar surface area (TPSA) is 33.2 Å². The van der Waals surface area contributed by atoms with E-state index in [9.17, 15) is 4.79 Å². The second-order valence-corrected chi connectivity index (χ2v) is 7.52. The molecule has 1 aliphatic rings. The Labute approximate surface area is 149 Å². The van der Waals surface area contributed by atoms with Crippen LogP contribution in [0.2, 0.25) is 0 Å². The molecule has 1 saturated heterocycles. The smallest absolute Gasteiger partial charge is 0.235 e. The molecule has 2 heterocycles. The third-order valence-electron chi connectivity index (χ3n) is 4.68. The Morgan fingerprint density at radius 3 is 2.62 bits per heavy atom. The monoisotopic (exact) mass is 380 g/mol. The summed E-state index contributed by atoms with van der Waals surface area (Å²) in [5, 5.41) is 1.06. The molecule has 0 radical (unpaired) electrons. The van der Waals surface area contributed by atoms with E-state index in [4.69, 9.17) is 0 Å². The third-order valence-corrected chi connectivity index (χ3v) is 5.21. The molecular formula is C20H17BrN2O. The van der Waals surface area contributed by atoms with E-state index in [2.05, 4.69) is 33.0 Å². The highest BCUT2D eigenvalue weighted by atomic mass is 79.9. The van der Waals surface area contributed by atoms with Gasteiger partial charge in [0.25, 0.3) is 0 Å². The first-order valence-electron chi connectivity index (χ1n) is 7.97. The second kappa shape index (κ2) is 5.71. The van der Waals surface area contributed by atoms with Crippen molar-refractivity contribution in [3.63, 3.8) is 0 Å². The highest BCUT2D eigenvalue weighted by Crippen LogP contribution is 2.40. The molecule has 3 aromatic rings. The lowest BCUT2D eigenvalue weighted by molar-refractivity contribution is -0.133. The van der Waals surface area contributed by atoms with Crippen LogP contribution < -0.4 is 4.90 Å². The zero-order valence-electron chi connectivity index (χ0n) is 13.4. The Morgan fingerprint density at radius 2 is 1.88 bits per heavy atom. The lowest BCUT2D eigenvalue weighted by Gasteiger charge is -2.47. The summed E-state index contributed by atoms with van der Waals surface area (Å²) in [6.45, 7) is 2.77. The fourth-order valence-corrected chi connectivity index (χ4v) is 3.67. The number of pyridine rings is 1. The molecule has 1 aromatic heterocycles.